The molecule has 0 aliphatic carbocycles. The molecule has 0 heterocycles. The minimum absolute atomic E-state index is 0. The van der Waals surface area contributed by atoms with Gasteiger partial charge in [-0.3, -0.25) is 0 Å². The van der Waals surface area contributed by atoms with Gasteiger partial charge in [0, 0.05) is 6.04 Å². The maximum Gasteiger partial charge on any atom is 0.00730 e. The van der Waals surface area contributed by atoms with Crippen LogP contribution in [0.5, 0.6) is 0 Å². The van der Waals surface area contributed by atoms with E-state index in [1.54, 1.807) is 0 Å². The normalized spacial score (nSPS) is 11.9. The Kier molecular flexibility index (Phi) is 13.5. The molecule has 0 aromatic carbocycles. The molecule has 0 spiro atoms. The van der Waals surface area contributed by atoms with Gasteiger partial charge in [0.25, 0.3) is 0 Å². The van der Waals surface area contributed by atoms with Crippen LogP contribution in [0.4, 0.5) is 0 Å². The van der Waals surface area contributed by atoms with Crippen LogP contribution in [0.1, 0.15) is 45.4 Å². The van der Waals surface area contributed by atoms with Gasteiger partial charge in [0.05, 0.1) is 0 Å². The molecule has 1 unspecified atom stereocenters. The van der Waals surface area contributed by atoms with Gasteiger partial charge in [-0.1, -0.05) is 38.3 Å². The van der Waals surface area contributed by atoms with Crippen molar-refractivity contribution in [1.82, 2.24) is 0 Å². The van der Waals surface area contributed by atoms with Crippen LogP contribution in [-0.2, 0) is 0 Å². The molecule has 0 radical (unpaired) electrons. The largest absolute Gasteiger partial charge is 0.327 e. The summed E-state index contributed by atoms with van der Waals surface area (Å²) in [7, 11) is 0. The van der Waals surface area contributed by atoms with E-state index in [1.165, 1.54) is 19.3 Å². The maximum absolute atomic E-state index is 6.14. The average Bonchev–Trinajstić information content (AvgIpc) is 2.18. The molecule has 2 N–H and O–H groups in total. The Morgan fingerprint density at radius 1 is 1.13 bits per heavy atom. The lowest BCUT2D eigenvalue weighted by molar-refractivity contribution is 0.394. The summed E-state index contributed by atoms with van der Waals surface area (Å²) in [6, 6.07) is 0.317. The topological polar surface area (TPSA) is 26.0 Å². The highest BCUT2D eigenvalue weighted by Gasteiger charge is 2.14. The highest BCUT2D eigenvalue weighted by Crippen LogP contribution is 2.17. The third kappa shape index (κ3) is 8.71. The highest BCUT2D eigenvalue weighted by molar-refractivity contribution is 5.85. The van der Waals surface area contributed by atoms with E-state index in [0.29, 0.717) is 12.0 Å². The van der Waals surface area contributed by atoms with Crippen molar-refractivity contribution in [3.63, 3.8) is 0 Å². The Balaban J connectivity index is 0. The molecule has 90 valence electrons. The molecule has 0 aliphatic rings. The van der Waals surface area contributed by atoms with Crippen molar-refractivity contribution in [3.05, 3.63) is 25.3 Å². The molecule has 2 heteroatoms. The van der Waals surface area contributed by atoms with Crippen molar-refractivity contribution in [1.29, 1.82) is 0 Å². The number of hydrogen-bond acceptors (Lipinski definition) is 1. The summed E-state index contributed by atoms with van der Waals surface area (Å²) >= 11 is 0. The summed E-state index contributed by atoms with van der Waals surface area (Å²) in [6.07, 6.45) is 10.9. The van der Waals surface area contributed by atoms with Gasteiger partial charge in [0.2, 0.25) is 0 Å². The van der Waals surface area contributed by atoms with Crippen molar-refractivity contribution >= 4 is 12.4 Å². The second-order valence-electron chi connectivity index (χ2n) is 3.97. The van der Waals surface area contributed by atoms with Crippen LogP contribution in [0.25, 0.3) is 0 Å². The van der Waals surface area contributed by atoms with Gasteiger partial charge >= 0.3 is 0 Å². The van der Waals surface area contributed by atoms with Gasteiger partial charge in [0.15, 0.2) is 0 Å². The van der Waals surface area contributed by atoms with Crippen molar-refractivity contribution in [3.8, 4) is 0 Å². The number of halogens is 1. The number of unbranched alkanes of at least 4 members (excludes halogenated alkanes) is 2. The molecule has 15 heavy (non-hydrogen) atoms. The summed E-state index contributed by atoms with van der Waals surface area (Å²) in [5.41, 5.74) is 6.14. The molecule has 0 aromatic heterocycles. The van der Waals surface area contributed by atoms with Gasteiger partial charge in [-0.2, -0.15) is 0 Å². The van der Waals surface area contributed by atoms with Gasteiger partial charge in [0.1, 0.15) is 0 Å². The van der Waals surface area contributed by atoms with Crippen LogP contribution in [-0.4, -0.2) is 6.04 Å². The fourth-order valence-corrected chi connectivity index (χ4v) is 1.74. The predicted octanol–water partition coefficient (Wildman–Crippen LogP) is 4.08. The van der Waals surface area contributed by atoms with Crippen LogP contribution in [0.2, 0.25) is 0 Å². The second kappa shape index (κ2) is 11.8. The summed E-state index contributed by atoms with van der Waals surface area (Å²) in [5.74, 6) is 0.543. The lowest BCUT2D eigenvalue weighted by Crippen LogP contribution is -2.29. The van der Waals surface area contributed by atoms with Crippen molar-refractivity contribution in [2.45, 2.75) is 51.5 Å². The van der Waals surface area contributed by atoms with Crippen molar-refractivity contribution in [2.24, 2.45) is 11.7 Å². The Labute approximate surface area is 101 Å². The monoisotopic (exact) mass is 231 g/mol. The van der Waals surface area contributed by atoms with Crippen LogP contribution in [0.15, 0.2) is 25.3 Å². The van der Waals surface area contributed by atoms with E-state index in [0.717, 1.165) is 19.3 Å². The van der Waals surface area contributed by atoms with E-state index >= 15 is 0 Å². The van der Waals surface area contributed by atoms with E-state index in [2.05, 4.69) is 20.1 Å². The number of nitrogens with two attached hydrogens (primary N) is 1. The summed E-state index contributed by atoms with van der Waals surface area (Å²) in [5, 5.41) is 0. The lowest BCUT2D eigenvalue weighted by atomic mass is 9.90. The second-order valence-corrected chi connectivity index (χ2v) is 3.97. The van der Waals surface area contributed by atoms with E-state index < -0.39 is 0 Å². The molecular formula is C13H26ClN. The minimum atomic E-state index is 0. The number of rotatable bonds is 9. The highest BCUT2D eigenvalue weighted by atomic mass is 35.5. The Hall–Kier alpha value is -0.270. The number of hydrogen-bond donors (Lipinski definition) is 1. The Morgan fingerprint density at radius 2 is 1.67 bits per heavy atom. The third-order valence-corrected chi connectivity index (χ3v) is 2.69. The smallest absolute Gasteiger partial charge is 0.00730 e. The quantitative estimate of drug-likeness (QED) is 0.470. The first kappa shape index (κ1) is 17.1. The first-order valence-electron chi connectivity index (χ1n) is 5.73. The Morgan fingerprint density at radius 3 is 2.07 bits per heavy atom. The zero-order valence-electron chi connectivity index (χ0n) is 9.95. The maximum atomic E-state index is 6.14. The molecule has 1 nitrogen and oxygen atoms in total. The molecule has 0 aliphatic heterocycles. The van der Waals surface area contributed by atoms with Crippen molar-refractivity contribution in [2.75, 3.05) is 0 Å². The minimum Gasteiger partial charge on any atom is -0.327 e. The summed E-state index contributed by atoms with van der Waals surface area (Å²) in [4.78, 5) is 0. The van der Waals surface area contributed by atoms with Gasteiger partial charge in [-0.15, -0.1) is 25.6 Å². The first-order valence-corrected chi connectivity index (χ1v) is 5.73. The van der Waals surface area contributed by atoms with Crippen molar-refractivity contribution < 1.29 is 0 Å². The zero-order valence-corrected chi connectivity index (χ0v) is 10.8. The Bertz CT molecular complexity index is 147. The number of allylic oxidation sites excluding steroid dienone is 2. The molecular weight excluding hydrogens is 206 g/mol. The predicted molar refractivity (Wildman–Crippen MR) is 72.5 cm³/mol. The van der Waals surface area contributed by atoms with Gasteiger partial charge < -0.3 is 5.73 Å². The molecule has 0 saturated carbocycles. The summed E-state index contributed by atoms with van der Waals surface area (Å²) < 4.78 is 0. The molecule has 0 fully saturated rings. The fourth-order valence-electron chi connectivity index (χ4n) is 1.74. The molecule has 0 bridgehead atoms. The molecule has 0 aromatic rings. The standard InChI is InChI=1S/C13H25N.ClH/c1-4-7-8-11-13(14)12(9-5-2)10-6-3;/h5-6,12-13H,2-4,7-11,14H2,1H3;1H. The molecule has 0 amide bonds. The molecule has 1 atom stereocenters. The molecule has 0 rings (SSSR count). The average molecular weight is 232 g/mol. The van der Waals surface area contributed by atoms with Crippen LogP contribution < -0.4 is 5.73 Å². The van der Waals surface area contributed by atoms with Crippen LogP contribution in [0, 0.1) is 5.92 Å². The van der Waals surface area contributed by atoms with Crippen LogP contribution in [0.3, 0.4) is 0 Å². The van der Waals surface area contributed by atoms with E-state index in [1.807, 2.05) is 12.2 Å². The SMILES string of the molecule is C=CCC(CC=C)C(N)CCCCC.Cl. The van der Waals surface area contributed by atoms with Gasteiger partial charge in [-0.05, 0) is 25.2 Å². The zero-order chi connectivity index (χ0) is 10.8. The van der Waals surface area contributed by atoms with E-state index in [4.69, 9.17) is 5.73 Å². The fraction of sp³-hybridized carbons (Fsp3) is 0.692. The third-order valence-electron chi connectivity index (χ3n) is 2.69. The summed E-state index contributed by atoms with van der Waals surface area (Å²) in [6.45, 7) is 9.76. The lowest BCUT2D eigenvalue weighted by Gasteiger charge is -2.21. The van der Waals surface area contributed by atoms with E-state index in [9.17, 15) is 0 Å². The van der Waals surface area contributed by atoms with Crippen LogP contribution >= 0.6 is 12.4 Å². The first-order chi connectivity index (χ1) is 6.76. The molecule has 0 saturated heterocycles. The van der Waals surface area contributed by atoms with E-state index in [-0.39, 0.29) is 12.4 Å². The van der Waals surface area contributed by atoms with Gasteiger partial charge in [-0.25, -0.2) is 0 Å².